The minimum absolute atomic E-state index is 0.0933. The zero-order chi connectivity index (χ0) is 22.5. The highest BCUT2D eigenvalue weighted by molar-refractivity contribution is 7.99. The molecule has 1 amide bonds. The van der Waals surface area contributed by atoms with Crippen LogP contribution in [0.2, 0.25) is 0 Å². The van der Waals surface area contributed by atoms with Gasteiger partial charge in [0.05, 0.1) is 17.9 Å². The second kappa shape index (κ2) is 10.1. The van der Waals surface area contributed by atoms with Crippen molar-refractivity contribution in [2.45, 2.75) is 32.3 Å². The van der Waals surface area contributed by atoms with Crippen molar-refractivity contribution in [1.29, 1.82) is 0 Å². The number of hydrogen-bond donors (Lipinski definition) is 1. The van der Waals surface area contributed by atoms with Crippen LogP contribution in [-0.4, -0.2) is 39.0 Å². The summed E-state index contributed by atoms with van der Waals surface area (Å²) in [5.74, 6) is -0.346. The summed E-state index contributed by atoms with van der Waals surface area (Å²) in [6, 6.07) is 5.97. The normalized spacial score (nSPS) is 10.9. The van der Waals surface area contributed by atoms with Crippen molar-refractivity contribution in [1.82, 2.24) is 14.8 Å². The van der Waals surface area contributed by atoms with E-state index in [1.165, 1.54) is 35.2 Å². The molecule has 0 aliphatic heterocycles. The van der Waals surface area contributed by atoms with Crippen LogP contribution in [-0.2, 0) is 23.0 Å². The van der Waals surface area contributed by atoms with Gasteiger partial charge in [0.1, 0.15) is 10.8 Å². The van der Waals surface area contributed by atoms with Crippen LogP contribution in [0, 0.1) is 12.7 Å². The first-order valence-electron chi connectivity index (χ1n) is 9.73. The summed E-state index contributed by atoms with van der Waals surface area (Å²) in [4.78, 5) is 26.0. The number of anilines is 1. The Kier molecular flexibility index (Phi) is 7.45. The molecule has 7 nitrogen and oxygen atoms in total. The van der Waals surface area contributed by atoms with Crippen LogP contribution in [0.4, 0.5) is 9.39 Å². The second-order valence-corrected chi connectivity index (χ2v) is 8.68. The van der Waals surface area contributed by atoms with Crippen molar-refractivity contribution < 1.29 is 18.7 Å². The molecule has 0 radical (unpaired) electrons. The van der Waals surface area contributed by atoms with Crippen molar-refractivity contribution in [2.24, 2.45) is 7.05 Å². The molecule has 1 aromatic carbocycles. The summed E-state index contributed by atoms with van der Waals surface area (Å²) < 4.78 is 20.0. The molecule has 0 aliphatic carbocycles. The molecule has 1 N–H and O–H groups in total. The van der Waals surface area contributed by atoms with Crippen molar-refractivity contribution in [3.05, 3.63) is 46.1 Å². The minimum atomic E-state index is -0.434. The molecule has 0 saturated carbocycles. The lowest BCUT2D eigenvalue weighted by atomic mass is 10.1. The van der Waals surface area contributed by atoms with Crippen LogP contribution in [0.25, 0.3) is 11.4 Å². The molecular formula is C21H23FN4O3S2. The van der Waals surface area contributed by atoms with E-state index in [1.54, 1.807) is 30.7 Å². The zero-order valence-corrected chi connectivity index (χ0v) is 19.3. The first kappa shape index (κ1) is 23.0. The number of benzene rings is 1. The Morgan fingerprint density at radius 2 is 1.94 bits per heavy atom. The Morgan fingerprint density at radius 1 is 1.23 bits per heavy atom. The van der Waals surface area contributed by atoms with Gasteiger partial charge in [0.2, 0.25) is 5.91 Å². The SMILES string of the molecule is CCOC(=O)c1c(NC(=O)CSc2nnc(-c3ccc(F)cc3)n2C)sc(CC)c1C. The molecular weight excluding hydrogens is 439 g/mol. The van der Waals surface area contributed by atoms with E-state index in [0.29, 0.717) is 21.5 Å². The van der Waals surface area contributed by atoms with E-state index in [2.05, 4.69) is 15.5 Å². The lowest BCUT2D eigenvalue weighted by Crippen LogP contribution is -2.16. The van der Waals surface area contributed by atoms with Crippen LogP contribution in [0.1, 0.15) is 34.6 Å². The number of thiophene rings is 1. The van der Waals surface area contributed by atoms with E-state index in [-0.39, 0.29) is 24.1 Å². The average molecular weight is 463 g/mol. The monoisotopic (exact) mass is 462 g/mol. The third kappa shape index (κ3) is 5.13. The second-order valence-electron chi connectivity index (χ2n) is 6.64. The molecule has 0 saturated heterocycles. The number of rotatable bonds is 8. The Hall–Kier alpha value is -2.72. The highest BCUT2D eigenvalue weighted by atomic mass is 32.2. The van der Waals surface area contributed by atoms with E-state index < -0.39 is 5.97 Å². The number of thioether (sulfide) groups is 1. The summed E-state index contributed by atoms with van der Waals surface area (Å²) in [5.41, 5.74) is 1.98. The number of aromatic nitrogens is 3. The molecule has 2 heterocycles. The molecule has 3 rings (SSSR count). The average Bonchev–Trinajstić information content (AvgIpc) is 3.26. The molecule has 3 aromatic rings. The maximum atomic E-state index is 13.1. The first-order valence-corrected chi connectivity index (χ1v) is 11.5. The van der Waals surface area contributed by atoms with E-state index >= 15 is 0 Å². The number of carbonyl (C=O) groups excluding carboxylic acids is 2. The van der Waals surface area contributed by atoms with Gasteiger partial charge in [-0.3, -0.25) is 4.79 Å². The smallest absolute Gasteiger partial charge is 0.341 e. The van der Waals surface area contributed by atoms with Gasteiger partial charge in [-0.25, -0.2) is 9.18 Å². The van der Waals surface area contributed by atoms with Gasteiger partial charge in [-0.05, 0) is 50.1 Å². The van der Waals surface area contributed by atoms with Gasteiger partial charge < -0.3 is 14.6 Å². The van der Waals surface area contributed by atoms with Crippen LogP contribution < -0.4 is 5.32 Å². The fourth-order valence-corrected chi connectivity index (χ4v) is 4.88. The predicted octanol–water partition coefficient (Wildman–Crippen LogP) is 4.46. The largest absolute Gasteiger partial charge is 0.462 e. The number of halogens is 1. The van der Waals surface area contributed by atoms with Crippen LogP contribution in [0.3, 0.4) is 0 Å². The molecule has 0 atom stereocenters. The Morgan fingerprint density at radius 3 is 2.58 bits per heavy atom. The highest BCUT2D eigenvalue weighted by Gasteiger charge is 2.23. The molecule has 2 aromatic heterocycles. The Balaban J connectivity index is 1.70. The lowest BCUT2D eigenvalue weighted by molar-refractivity contribution is -0.113. The Labute approximate surface area is 188 Å². The number of nitrogens with one attached hydrogen (secondary N) is 1. The van der Waals surface area contributed by atoms with Crippen LogP contribution in [0.15, 0.2) is 29.4 Å². The molecule has 0 aliphatic rings. The number of carbonyl (C=O) groups is 2. The molecule has 31 heavy (non-hydrogen) atoms. The highest BCUT2D eigenvalue weighted by Crippen LogP contribution is 2.34. The molecule has 0 unspecified atom stereocenters. The zero-order valence-electron chi connectivity index (χ0n) is 17.7. The van der Waals surface area contributed by atoms with Gasteiger partial charge in [0.15, 0.2) is 11.0 Å². The number of esters is 1. The van der Waals surface area contributed by atoms with Gasteiger partial charge in [0.25, 0.3) is 0 Å². The Bertz CT molecular complexity index is 1090. The summed E-state index contributed by atoms with van der Waals surface area (Å²) in [5, 5.41) is 12.2. The third-order valence-corrected chi connectivity index (χ3v) is 6.94. The van der Waals surface area contributed by atoms with Gasteiger partial charge in [-0.15, -0.1) is 21.5 Å². The van der Waals surface area contributed by atoms with Crippen molar-refractivity contribution >= 4 is 40.0 Å². The van der Waals surface area contributed by atoms with E-state index in [0.717, 1.165) is 22.4 Å². The molecule has 164 valence electrons. The summed E-state index contributed by atoms with van der Waals surface area (Å²) in [7, 11) is 1.79. The van der Waals surface area contributed by atoms with Crippen molar-refractivity contribution in [3.63, 3.8) is 0 Å². The van der Waals surface area contributed by atoms with E-state index in [1.807, 2.05) is 13.8 Å². The molecule has 0 spiro atoms. The fraction of sp³-hybridized carbons (Fsp3) is 0.333. The first-order chi connectivity index (χ1) is 14.8. The molecule has 10 heteroatoms. The maximum absolute atomic E-state index is 13.1. The quantitative estimate of drug-likeness (QED) is 0.393. The number of nitrogens with zero attached hydrogens (tertiary/aromatic N) is 3. The predicted molar refractivity (Wildman–Crippen MR) is 120 cm³/mol. The van der Waals surface area contributed by atoms with Crippen LogP contribution >= 0.6 is 23.1 Å². The van der Waals surface area contributed by atoms with Crippen molar-refractivity contribution in [2.75, 3.05) is 17.7 Å². The molecule has 0 fully saturated rings. The van der Waals surface area contributed by atoms with Gasteiger partial charge >= 0.3 is 5.97 Å². The van der Waals surface area contributed by atoms with Gasteiger partial charge in [-0.2, -0.15) is 0 Å². The van der Waals surface area contributed by atoms with Crippen molar-refractivity contribution in [3.8, 4) is 11.4 Å². The summed E-state index contributed by atoms with van der Waals surface area (Å²) in [6.07, 6.45) is 0.763. The topological polar surface area (TPSA) is 86.1 Å². The summed E-state index contributed by atoms with van der Waals surface area (Å²) >= 11 is 2.62. The minimum Gasteiger partial charge on any atom is -0.462 e. The molecule has 0 bridgehead atoms. The fourth-order valence-electron chi connectivity index (χ4n) is 3.02. The van der Waals surface area contributed by atoms with Crippen LogP contribution in [0.5, 0.6) is 0 Å². The van der Waals surface area contributed by atoms with E-state index in [9.17, 15) is 14.0 Å². The van der Waals surface area contributed by atoms with Gasteiger partial charge in [-0.1, -0.05) is 18.7 Å². The third-order valence-electron chi connectivity index (χ3n) is 4.57. The standard InChI is InChI=1S/C21H23FN4O3S2/c1-5-15-12(3)17(20(28)29-6-2)19(31-15)23-16(27)11-30-21-25-24-18(26(21)4)13-7-9-14(22)10-8-13/h7-10H,5-6,11H2,1-4H3,(H,23,27). The van der Waals surface area contributed by atoms with Gasteiger partial charge in [0, 0.05) is 17.5 Å². The number of ether oxygens (including phenoxy) is 1. The lowest BCUT2D eigenvalue weighted by Gasteiger charge is -2.07. The summed E-state index contributed by atoms with van der Waals surface area (Å²) in [6.45, 7) is 5.88. The number of aryl methyl sites for hydroxylation is 1. The van der Waals surface area contributed by atoms with E-state index in [4.69, 9.17) is 4.74 Å². The maximum Gasteiger partial charge on any atom is 0.341 e. The number of amides is 1. The number of hydrogen-bond acceptors (Lipinski definition) is 7.